The number of hydrogen-bond acceptors (Lipinski definition) is 4. The Morgan fingerprint density at radius 1 is 1.12 bits per heavy atom. The molecule has 4 rings (SSSR count). The minimum Gasteiger partial charge on any atom is -0.496 e. The molecule has 2 heterocycles. The van der Waals surface area contributed by atoms with Crippen molar-refractivity contribution in [1.29, 1.82) is 0 Å². The smallest absolute Gasteiger partial charge is 0.243 e. The summed E-state index contributed by atoms with van der Waals surface area (Å²) >= 11 is 0. The number of nitrogens with one attached hydrogen (secondary N) is 1. The highest BCUT2D eigenvalue weighted by Gasteiger charge is 2.32. The molecule has 170 valence electrons. The Kier molecular flexibility index (Phi) is 6.53. The molecule has 1 aliphatic heterocycles. The number of methoxy groups -OCH3 is 1. The Morgan fingerprint density at radius 3 is 2.59 bits per heavy atom. The topological polar surface area (TPSA) is 80.6 Å². The van der Waals surface area contributed by atoms with Crippen molar-refractivity contribution in [3.63, 3.8) is 0 Å². The predicted octanol–water partition coefficient (Wildman–Crippen LogP) is 3.39. The van der Waals surface area contributed by atoms with Crippen molar-refractivity contribution in [1.82, 2.24) is 14.2 Å². The normalized spacial score (nSPS) is 15.7. The molecule has 1 amide bonds. The van der Waals surface area contributed by atoms with E-state index < -0.39 is 10.0 Å². The first-order valence-corrected chi connectivity index (χ1v) is 12.4. The van der Waals surface area contributed by atoms with Gasteiger partial charge in [-0.3, -0.25) is 4.79 Å². The van der Waals surface area contributed by atoms with Crippen molar-refractivity contribution in [2.45, 2.75) is 37.8 Å². The maximum absolute atomic E-state index is 13.2. The van der Waals surface area contributed by atoms with Gasteiger partial charge in [0.05, 0.1) is 12.0 Å². The fourth-order valence-electron chi connectivity index (χ4n) is 4.30. The number of aryl methyl sites for hydroxylation is 1. The van der Waals surface area contributed by atoms with Gasteiger partial charge in [-0.05, 0) is 50.1 Å². The van der Waals surface area contributed by atoms with E-state index in [0.717, 1.165) is 28.8 Å². The van der Waals surface area contributed by atoms with E-state index in [9.17, 15) is 13.2 Å². The van der Waals surface area contributed by atoms with Crippen LogP contribution in [0.25, 0.3) is 10.9 Å². The van der Waals surface area contributed by atoms with E-state index in [-0.39, 0.29) is 11.8 Å². The molecule has 0 spiro atoms. The third-order valence-electron chi connectivity index (χ3n) is 6.19. The standard InChI is InChI=1S/C24H29N3O4S/c1-3-26-13-10-19-16-21(8-9-22(19)26)32(29,30)27-14-11-18(12-15-27)24(28)25-17-20-6-4-5-7-23(20)31-2/h4-10,13,16,18H,3,11-12,14-15,17H2,1-2H3,(H,25,28). The maximum atomic E-state index is 13.2. The van der Waals surface area contributed by atoms with Crippen LogP contribution in [-0.2, 0) is 27.9 Å². The molecule has 0 radical (unpaired) electrons. The molecule has 1 saturated heterocycles. The Labute approximate surface area is 189 Å². The van der Waals surface area contributed by atoms with Crippen molar-refractivity contribution in [2.75, 3.05) is 20.2 Å². The number of sulfonamides is 1. The van der Waals surface area contributed by atoms with E-state index in [1.54, 1.807) is 19.2 Å². The van der Waals surface area contributed by atoms with Gasteiger partial charge in [0, 0.05) is 54.8 Å². The summed E-state index contributed by atoms with van der Waals surface area (Å²) < 4.78 is 35.2. The van der Waals surface area contributed by atoms with E-state index in [1.807, 2.05) is 42.6 Å². The highest BCUT2D eigenvalue weighted by atomic mass is 32.2. The van der Waals surface area contributed by atoms with Gasteiger partial charge in [-0.15, -0.1) is 0 Å². The first-order valence-electron chi connectivity index (χ1n) is 10.9. The van der Waals surface area contributed by atoms with Crippen molar-refractivity contribution < 1.29 is 17.9 Å². The molecule has 2 aromatic carbocycles. The first-order chi connectivity index (χ1) is 15.4. The van der Waals surface area contributed by atoms with Crippen molar-refractivity contribution >= 4 is 26.8 Å². The minimum absolute atomic E-state index is 0.0460. The zero-order chi connectivity index (χ0) is 22.7. The number of fused-ring (bicyclic) bond motifs is 1. The van der Waals surface area contributed by atoms with E-state index in [2.05, 4.69) is 16.8 Å². The zero-order valence-electron chi connectivity index (χ0n) is 18.5. The minimum atomic E-state index is -3.59. The molecule has 0 unspecified atom stereocenters. The summed E-state index contributed by atoms with van der Waals surface area (Å²) in [6, 6.07) is 14.8. The number of carbonyl (C=O) groups excluding carboxylic acids is 1. The van der Waals surface area contributed by atoms with Crippen LogP contribution in [0.5, 0.6) is 5.75 Å². The van der Waals surface area contributed by atoms with Gasteiger partial charge in [0.2, 0.25) is 15.9 Å². The number of para-hydroxylation sites is 1. The molecule has 1 aromatic heterocycles. The van der Waals surface area contributed by atoms with Crippen LogP contribution in [0.1, 0.15) is 25.3 Å². The summed E-state index contributed by atoms with van der Waals surface area (Å²) in [5.41, 5.74) is 1.94. The number of carbonyl (C=O) groups is 1. The van der Waals surface area contributed by atoms with E-state index in [4.69, 9.17) is 4.74 Å². The molecular formula is C24H29N3O4S. The summed E-state index contributed by atoms with van der Waals surface area (Å²) in [5.74, 6) is 0.493. The Morgan fingerprint density at radius 2 is 1.88 bits per heavy atom. The average molecular weight is 456 g/mol. The van der Waals surface area contributed by atoms with Gasteiger partial charge in [0.15, 0.2) is 0 Å². The number of amides is 1. The maximum Gasteiger partial charge on any atom is 0.243 e. The Balaban J connectivity index is 1.37. The Bertz CT molecular complexity index is 1210. The van der Waals surface area contributed by atoms with Crippen LogP contribution < -0.4 is 10.1 Å². The summed E-state index contributed by atoms with van der Waals surface area (Å²) in [6.45, 7) is 3.95. The third-order valence-corrected chi connectivity index (χ3v) is 8.09. The lowest BCUT2D eigenvalue weighted by atomic mass is 9.97. The van der Waals surface area contributed by atoms with Crippen molar-refractivity contribution in [2.24, 2.45) is 5.92 Å². The number of hydrogen-bond donors (Lipinski definition) is 1. The lowest BCUT2D eigenvalue weighted by Gasteiger charge is -2.30. The molecule has 0 atom stereocenters. The van der Waals surface area contributed by atoms with Gasteiger partial charge in [-0.2, -0.15) is 4.31 Å². The second-order valence-electron chi connectivity index (χ2n) is 8.03. The van der Waals surface area contributed by atoms with Gasteiger partial charge < -0.3 is 14.6 Å². The molecule has 3 aromatic rings. The molecule has 0 aliphatic carbocycles. The first kappa shape index (κ1) is 22.4. The van der Waals surface area contributed by atoms with Crippen LogP contribution >= 0.6 is 0 Å². The molecule has 0 saturated carbocycles. The fourth-order valence-corrected chi connectivity index (χ4v) is 5.80. The number of aromatic nitrogens is 1. The van der Waals surface area contributed by atoms with Crippen molar-refractivity contribution in [3.8, 4) is 5.75 Å². The molecule has 7 nitrogen and oxygen atoms in total. The quantitative estimate of drug-likeness (QED) is 0.592. The average Bonchev–Trinajstić information content (AvgIpc) is 3.25. The highest BCUT2D eigenvalue weighted by Crippen LogP contribution is 2.27. The van der Waals surface area contributed by atoms with Gasteiger partial charge in [-0.1, -0.05) is 18.2 Å². The van der Waals surface area contributed by atoms with Crippen LogP contribution in [0.2, 0.25) is 0 Å². The van der Waals surface area contributed by atoms with E-state index >= 15 is 0 Å². The number of nitrogens with zero attached hydrogens (tertiary/aromatic N) is 2. The molecular weight excluding hydrogens is 426 g/mol. The zero-order valence-corrected chi connectivity index (χ0v) is 19.3. The van der Waals surface area contributed by atoms with Gasteiger partial charge in [0.25, 0.3) is 0 Å². The largest absolute Gasteiger partial charge is 0.496 e. The number of rotatable bonds is 7. The van der Waals surface area contributed by atoms with Crippen LogP contribution in [0, 0.1) is 5.92 Å². The van der Waals surface area contributed by atoms with Crippen LogP contribution in [0.3, 0.4) is 0 Å². The molecule has 1 N–H and O–H groups in total. The number of benzene rings is 2. The molecule has 8 heteroatoms. The molecule has 0 bridgehead atoms. The second kappa shape index (κ2) is 9.34. The van der Waals surface area contributed by atoms with E-state index in [0.29, 0.717) is 37.4 Å². The monoisotopic (exact) mass is 455 g/mol. The SMILES string of the molecule is CCn1ccc2cc(S(=O)(=O)N3CCC(C(=O)NCc4ccccc4OC)CC3)ccc21. The summed E-state index contributed by atoms with van der Waals surface area (Å²) in [5, 5.41) is 3.88. The highest BCUT2D eigenvalue weighted by molar-refractivity contribution is 7.89. The predicted molar refractivity (Wildman–Crippen MR) is 124 cm³/mol. The summed E-state index contributed by atoms with van der Waals surface area (Å²) in [6.07, 6.45) is 2.98. The molecule has 1 aliphatic rings. The van der Waals surface area contributed by atoms with Crippen LogP contribution in [0.15, 0.2) is 59.6 Å². The lowest BCUT2D eigenvalue weighted by Crippen LogP contribution is -2.42. The molecule has 1 fully saturated rings. The number of ether oxygens (including phenoxy) is 1. The van der Waals surface area contributed by atoms with Crippen LogP contribution in [0.4, 0.5) is 0 Å². The Hall–Kier alpha value is -2.84. The second-order valence-corrected chi connectivity index (χ2v) is 9.97. The van der Waals surface area contributed by atoms with Crippen LogP contribution in [-0.4, -0.2) is 43.4 Å². The van der Waals surface area contributed by atoms with Crippen molar-refractivity contribution in [3.05, 3.63) is 60.3 Å². The van der Waals surface area contributed by atoms with E-state index in [1.165, 1.54) is 4.31 Å². The van der Waals surface area contributed by atoms with Gasteiger partial charge >= 0.3 is 0 Å². The molecule has 32 heavy (non-hydrogen) atoms. The summed E-state index contributed by atoms with van der Waals surface area (Å²) in [7, 11) is -1.98. The van der Waals surface area contributed by atoms with Gasteiger partial charge in [0.1, 0.15) is 5.75 Å². The van der Waals surface area contributed by atoms with Gasteiger partial charge in [-0.25, -0.2) is 8.42 Å². The summed E-state index contributed by atoms with van der Waals surface area (Å²) in [4.78, 5) is 13.0. The fraction of sp³-hybridized carbons (Fsp3) is 0.375. The lowest BCUT2D eigenvalue weighted by molar-refractivity contribution is -0.126. The number of piperidine rings is 1. The third kappa shape index (κ3) is 4.38.